The highest BCUT2D eigenvalue weighted by atomic mass is 32.2. The second-order valence-electron chi connectivity index (χ2n) is 7.82. The first kappa shape index (κ1) is 17.5. The SMILES string of the molecule is CC(Sc1nc(Nc2cc(C3CC3)[nH]n2)c2sccc2n1)C1CCCCC1. The van der Waals surface area contributed by atoms with Gasteiger partial charge in [0.15, 0.2) is 16.8 Å². The number of rotatable bonds is 6. The molecule has 1 atom stereocenters. The van der Waals surface area contributed by atoms with E-state index in [9.17, 15) is 0 Å². The first-order chi connectivity index (χ1) is 13.3. The molecule has 0 spiro atoms. The number of aromatic amines is 1. The number of anilines is 2. The van der Waals surface area contributed by atoms with Crippen LogP contribution in [0.1, 0.15) is 63.5 Å². The van der Waals surface area contributed by atoms with Crippen molar-refractivity contribution < 1.29 is 0 Å². The van der Waals surface area contributed by atoms with Gasteiger partial charge in [-0.3, -0.25) is 5.10 Å². The van der Waals surface area contributed by atoms with E-state index in [0.29, 0.717) is 11.2 Å². The van der Waals surface area contributed by atoms with Crippen molar-refractivity contribution in [3.63, 3.8) is 0 Å². The van der Waals surface area contributed by atoms with Gasteiger partial charge in [-0.2, -0.15) is 5.10 Å². The molecule has 0 aromatic carbocycles. The first-order valence-electron chi connectivity index (χ1n) is 10.0. The molecule has 0 amide bonds. The van der Waals surface area contributed by atoms with Crippen LogP contribution in [-0.2, 0) is 0 Å². The molecule has 0 saturated heterocycles. The highest BCUT2D eigenvalue weighted by molar-refractivity contribution is 7.99. The topological polar surface area (TPSA) is 66.5 Å². The zero-order valence-electron chi connectivity index (χ0n) is 15.6. The Morgan fingerprint density at radius 1 is 1.19 bits per heavy atom. The molecule has 5 nitrogen and oxygen atoms in total. The third-order valence-corrected chi connectivity index (χ3v) is 7.81. The van der Waals surface area contributed by atoms with Crippen molar-refractivity contribution in [2.24, 2.45) is 5.92 Å². The lowest BCUT2D eigenvalue weighted by Crippen LogP contribution is -2.17. The van der Waals surface area contributed by atoms with Crippen molar-refractivity contribution in [3.05, 3.63) is 23.2 Å². The molecular weight excluding hydrogens is 374 g/mol. The van der Waals surface area contributed by atoms with E-state index in [-0.39, 0.29) is 0 Å². The van der Waals surface area contributed by atoms with Crippen LogP contribution in [0.15, 0.2) is 22.7 Å². The number of fused-ring (bicyclic) bond motifs is 1. The maximum atomic E-state index is 4.87. The fourth-order valence-electron chi connectivity index (χ4n) is 3.97. The summed E-state index contributed by atoms with van der Waals surface area (Å²) in [7, 11) is 0. The molecule has 0 radical (unpaired) electrons. The van der Waals surface area contributed by atoms with Gasteiger partial charge < -0.3 is 5.32 Å². The van der Waals surface area contributed by atoms with Crippen LogP contribution in [0.3, 0.4) is 0 Å². The van der Waals surface area contributed by atoms with Crippen molar-refractivity contribution in [1.29, 1.82) is 0 Å². The summed E-state index contributed by atoms with van der Waals surface area (Å²) in [6, 6.07) is 4.21. The Balaban J connectivity index is 1.38. The summed E-state index contributed by atoms with van der Waals surface area (Å²) < 4.78 is 1.10. The highest BCUT2D eigenvalue weighted by Crippen LogP contribution is 2.40. The monoisotopic (exact) mass is 399 g/mol. The van der Waals surface area contributed by atoms with Crippen molar-refractivity contribution in [2.75, 3.05) is 5.32 Å². The van der Waals surface area contributed by atoms with Gasteiger partial charge in [0.2, 0.25) is 0 Å². The zero-order valence-corrected chi connectivity index (χ0v) is 17.2. The third-order valence-electron chi connectivity index (χ3n) is 5.75. The van der Waals surface area contributed by atoms with Crippen LogP contribution in [0.5, 0.6) is 0 Å². The summed E-state index contributed by atoms with van der Waals surface area (Å²) in [4.78, 5) is 9.68. The third kappa shape index (κ3) is 3.85. The van der Waals surface area contributed by atoms with Crippen LogP contribution >= 0.6 is 23.1 Å². The molecule has 1 unspecified atom stereocenters. The quantitative estimate of drug-likeness (QED) is 0.387. The average Bonchev–Trinajstić information content (AvgIpc) is 3.24. The molecular formula is C20H25N5S2. The second-order valence-corrected chi connectivity index (χ2v) is 10.1. The molecule has 7 heteroatoms. The Hall–Kier alpha value is -1.60. The number of H-pyrrole nitrogens is 1. The van der Waals surface area contributed by atoms with Gasteiger partial charge in [0, 0.05) is 22.9 Å². The van der Waals surface area contributed by atoms with E-state index in [2.05, 4.69) is 40.0 Å². The predicted molar refractivity (Wildman–Crippen MR) is 113 cm³/mol. The van der Waals surface area contributed by atoms with Crippen molar-refractivity contribution in [2.45, 2.75) is 68.2 Å². The Labute approximate surface area is 167 Å². The van der Waals surface area contributed by atoms with E-state index >= 15 is 0 Å². The van der Waals surface area contributed by atoms with Gasteiger partial charge in [-0.05, 0) is 43.0 Å². The molecule has 3 aromatic heterocycles. The molecule has 5 rings (SSSR count). The standard InChI is InChI=1S/C20H25N5S2/c1-12(13-5-3-2-4-6-13)27-20-21-15-9-10-26-18(15)19(23-20)22-17-11-16(24-25-17)14-7-8-14/h9-14H,2-8H2,1H3,(H2,21,22,23,24,25). The van der Waals surface area contributed by atoms with E-state index < -0.39 is 0 Å². The molecule has 2 fully saturated rings. The fourth-order valence-corrected chi connectivity index (χ4v) is 5.84. The highest BCUT2D eigenvalue weighted by Gasteiger charge is 2.26. The normalized spacial score (nSPS) is 19.4. The number of hydrogen-bond donors (Lipinski definition) is 2. The molecule has 0 aliphatic heterocycles. The Bertz CT molecular complexity index is 923. The van der Waals surface area contributed by atoms with Gasteiger partial charge >= 0.3 is 0 Å². The van der Waals surface area contributed by atoms with E-state index in [1.165, 1.54) is 50.6 Å². The van der Waals surface area contributed by atoms with Crippen LogP contribution in [0.2, 0.25) is 0 Å². The smallest absolute Gasteiger partial charge is 0.190 e. The number of aromatic nitrogens is 4. The lowest BCUT2D eigenvalue weighted by atomic mass is 9.87. The molecule has 0 bridgehead atoms. The van der Waals surface area contributed by atoms with Crippen LogP contribution in [0.4, 0.5) is 11.6 Å². The van der Waals surface area contributed by atoms with Gasteiger partial charge in [-0.15, -0.1) is 11.3 Å². The molecule has 27 heavy (non-hydrogen) atoms. The molecule has 2 N–H and O–H groups in total. The number of thiophene rings is 1. The summed E-state index contributed by atoms with van der Waals surface area (Å²) in [6.07, 6.45) is 9.36. The van der Waals surface area contributed by atoms with Crippen LogP contribution in [-0.4, -0.2) is 25.4 Å². The molecule has 3 heterocycles. The van der Waals surface area contributed by atoms with Gasteiger partial charge in [0.1, 0.15) is 0 Å². The Kier molecular flexibility index (Phi) is 4.82. The molecule has 2 aliphatic rings. The van der Waals surface area contributed by atoms with Gasteiger partial charge in [-0.1, -0.05) is 37.9 Å². The van der Waals surface area contributed by atoms with Crippen LogP contribution in [0.25, 0.3) is 10.2 Å². The number of thioether (sulfide) groups is 1. The minimum atomic E-state index is 0.557. The maximum absolute atomic E-state index is 4.87. The van der Waals surface area contributed by atoms with Gasteiger partial charge in [0.05, 0.1) is 10.2 Å². The Morgan fingerprint density at radius 3 is 2.85 bits per heavy atom. The zero-order chi connectivity index (χ0) is 18.2. The van der Waals surface area contributed by atoms with E-state index in [1.807, 2.05) is 11.8 Å². The van der Waals surface area contributed by atoms with Gasteiger partial charge in [0.25, 0.3) is 0 Å². The van der Waals surface area contributed by atoms with Crippen molar-refractivity contribution in [1.82, 2.24) is 20.2 Å². The van der Waals surface area contributed by atoms with Crippen molar-refractivity contribution >= 4 is 45.0 Å². The van der Waals surface area contributed by atoms with E-state index in [0.717, 1.165) is 32.9 Å². The number of nitrogens with one attached hydrogen (secondary N) is 2. The fraction of sp³-hybridized carbons (Fsp3) is 0.550. The lowest BCUT2D eigenvalue weighted by Gasteiger charge is -2.26. The minimum absolute atomic E-state index is 0.557. The number of nitrogens with zero attached hydrogens (tertiary/aromatic N) is 3. The first-order valence-corrected chi connectivity index (χ1v) is 11.8. The van der Waals surface area contributed by atoms with E-state index in [1.54, 1.807) is 11.3 Å². The summed E-state index contributed by atoms with van der Waals surface area (Å²) in [5.41, 5.74) is 2.25. The summed E-state index contributed by atoms with van der Waals surface area (Å²) in [5.74, 6) is 3.18. The van der Waals surface area contributed by atoms with Crippen LogP contribution in [0, 0.1) is 5.92 Å². The second kappa shape index (κ2) is 7.43. The number of hydrogen-bond acceptors (Lipinski definition) is 6. The maximum Gasteiger partial charge on any atom is 0.190 e. The van der Waals surface area contributed by atoms with E-state index in [4.69, 9.17) is 9.97 Å². The molecule has 2 saturated carbocycles. The Morgan fingerprint density at radius 2 is 2.04 bits per heavy atom. The van der Waals surface area contributed by atoms with Gasteiger partial charge in [-0.25, -0.2) is 9.97 Å². The predicted octanol–water partition coefficient (Wildman–Crippen LogP) is 6.10. The van der Waals surface area contributed by atoms with Crippen molar-refractivity contribution in [3.8, 4) is 0 Å². The summed E-state index contributed by atoms with van der Waals surface area (Å²) >= 11 is 3.51. The molecule has 2 aliphatic carbocycles. The van der Waals surface area contributed by atoms with Crippen LogP contribution < -0.4 is 5.32 Å². The molecule has 142 valence electrons. The summed E-state index contributed by atoms with van der Waals surface area (Å²) in [6.45, 7) is 2.34. The minimum Gasteiger partial charge on any atom is -0.322 e. The largest absolute Gasteiger partial charge is 0.322 e. The summed E-state index contributed by atoms with van der Waals surface area (Å²) in [5, 5.41) is 14.5. The molecule has 3 aromatic rings. The lowest BCUT2D eigenvalue weighted by molar-refractivity contribution is 0.356. The average molecular weight is 400 g/mol.